The van der Waals surface area contributed by atoms with Crippen molar-refractivity contribution in [3.05, 3.63) is 47.9 Å². The van der Waals surface area contributed by atoms with Gasteiger partial charge in [-0.25, -0.2) is 9.50 Å². The number of rotatable bonds is 5. The van der Waals surface area contributed by atoms with Crippen LogP contribution in [0.4, 0.5) is 0 Å². The number of nitrogens with one attached hydrogen (secondary N) is 1. The molecular formula is C18H21N5O. The largest absolute Gasteiger partial charge is 0.348 e. The van der Waals surface area contributed by atoms with Gasteiger partial charge in [-0.15, -0.1) is 0 Å². The summed E-state index contributed by atoms with van der Waals surface area (Å²) in [6.07, 6.45) is 3.37. The monoisotopic (exact) mass is 323 g/mol. The summed E-state index contributed by atoms with van der Waals surface area (Å²) in [7, 11) is 0. The van der Waals surface area contributed by atoms with Crippen LogP contribution < -0.4 is 5.32 Å². The molecule has 1 N–H and O–H groups in total. The summed E-state index contributed by atoms with van der Waals surface area (Å²) in [6.45, 7) is 6.05. The number of hydrogen-bond donors (Lipinski definition) is 1. The molecule has 0 aliphatic heterocycles. The second-order valence-corrected chi connectivity index (χ2v) is 5.78. The predicted molar refractivity (Wildman–Crippen MR) is 92.8 cm³/mol. The highest BCUT2D eigenvalue weighted by Gasteiger charge is 2.15. The normalized spacial score (nSPS) is 12.3. The minimum absolute atomic E-state index is 0.120. The summed E-state index contributed by atoms with van der Waals surface area (Å²) in [5, 5.41) is 7.55. The summed E-state index contributed by atoms with van der Waals surface area (Å²) >= 11 is 0. The standard InChI is InChI=1S/C18H21N5O/c1-4-12(3)20-18(24)16-10-13(5-2)23-17(21-16)11-15(22-23)14-8-6-7-9-19-14/h6-12H,4-5H2,1-3H3,(H,20,24)/t12-/m1/s1. The lowest BCUT2D eigenvalue weighted by Gasteiger charge is -2.11. The first kappa shape index (κ1) is 16.1. The maximum atomic E-state index is 12.4. The number of aryl methyl sites for hydroxylation is 1. The number of pyridine rings is 1. The van der Waals surface area contributed by atoms with E-state index < -0.39 is 0 Å². The Kier molecular flexibility index (Phi) is 4.55. The summed E-state index contributed by atoms with van der Waals surface area (Å²) in [5.74, 6) is -0.151. The van der Waals surface area contributed by atoms with Crippen LogP contribution >= 0.6 is 0 Å². The van der Waals surface area contributed by atoms with E-state index in [1.165, 1.54) is 0 Å². The molecule has 0 radical (unpaired) electrons. The minimum atomic E-state index is -0.151. The van der Waals surface area contributed by atoms with E-state index >= 15 is 0 Å². The molecule has 3 rings (SSSR count). The first-order chi connectivity index (χ1) is 11.6. The Morgan fingerprint density at radius 3 is 2.75 bits per heavy atom. The molecule has 0 saturated carbocycles. The lowest BCUT2D eigenvalue weighted by molar-refractivity contribution is 0.0934. The van der Waals surface area contributed by atoms with Crippen molar-refractivity contribution >= 4 is 11.6 Å². The molecule has 0 spiro atoms. The third-order valence-corrected chi connectivity index (χ3v) is 4.01. The van der Waals surface area contributed by atoms with E-state index in [1.807, 2.05) is 45.0 Å². The van der Waals surface area contributed by atoms with Gasteiger partial charge in [0.1, 0.15) is 11.4 Å². The van der Waals surface area contributed by atoms with Crippen molar-refractivity contribution < 1.29 is 4.79 Å². The first-order valence-electron chi connectivity index (χ1n) is 8.24. The second kappa shape index (κ2) is 6.78. The van der Waals surface area contributed by atoms with Gasteiger partial charge < -0.3 is 5.32 Å². The van der Waals surface area contributed by atoms with Gasteiger partial charge in [0.05, 0.1) is 5.69 Å². The average Bonchev–Trinajstić information content (AvgIpc) is 3.05. The Labute approximate surface area is 141 Å². The lowest BCUT2D eigenvalue weighted by Crippen LogP contribution is -2.32. The molecule has 0 unspecified atom stereocenters. The van der Waals surface area contributed by atoms with E-state index in [9.17, 15) is 4.79 Å². The fourth-order valence-electron chi connectivity index (χ4n) is 2.44. The van der Waals surface area contributed by atoms with Gasteiger partial charge in [-0.3, -0.25) is 9.78 Å². The molecule has 0 aliphatic carbocycles. The summed E-state index contributed by atoms with van der Waals surface area (Å²) in [6, 6.07) is 9.48. The zero-order valence-electron chi connectivity index (χ0n) is 14.2. The number of fused-ring (bicyclic) bond motifs is 1. The van der Waals surface area contributed by atoms with Crippen molar-refractivity contribution in [2.24, 2.45) is 0 Å². The van der Waals surface area contributed by atoms with E-state index in [-0.39, 0.29) is 11.9 Å². The highest BCUT2D eigenvalue weighted by molar-refractivity contribution is 5.93. The van der Waals surface area contributed by atoms with Crippen LogP contribution in [0.2, 0.25) is 0 Å². The molecule has 3 aromatic heterocycles. The van der Waals surface area contributed by atoms with Crippen molar-refractivity contribution in [1.82, 2.24) is 24.9 Å². The number of carbonyl (C=O) groups is 1. The van der Waals surface area contributed by atoms with Crippen LogP contribution in [-0.4, -0.2) is 31.5 Å². The first-order valence-corrected chi connectivity index (χ1v) is 8.24. The second-order valence-electron chi connectivity index (χ2n) is 5.78. The van der Waals surface area contributed by atoms with Crippen LogP contribution in [0.3, 0.4) is 0 Å². The van der Waals surface area contributed by atoms with Gasteiger partial charge in [-0.05, 0) is 38.0 Å². The number of hydrogen-bond acceptors (Lipinski definition) is 4. The zero-order chi connectivity index (χ0) is 17.1. The Balaban J connectivity index is 2.04. The van der Waals surface area contributed by atoms with Crippen LogP contribution in [0.15, 0.2) is 36.5 Å². The van der Waals surface area contributed by atoms with Crippen molar-refractivity contribution in [3.8, 4) is 11.4 Å². The molecular weight excluding hydrogens is 302 g/mol. The van der Waals surface area contributed by atoms with E-state index in [1.54, 1.807) is 16.8 Å². The highest BCUT2D eigenvalue weighted by atomic mass is 16.1. The summed E-state index contributed by atoms with van der Waals surface area (Å²) < 4.78 is 1.78. The molecule has 6 heteroatoms. The van der Waals surface area contributed by atoms with Crippen LogP contribution in [0.25, 0.3) is 17.0 Å². The molecule has 0 aromatic carbocycles. The SMILES string of the molecule is CCc1cc(C(=O)N[C@H](C)CC)nc2cc(-c3ccccn3)nn12. The van der Waals surface area contributed by atoms with Crippen LogP contribution in [0, 0.1) is 0 Å². The molecule has 0 saturated heterocycles. The number of nitrogens with zero attached hydrogens (tertiary/aromatic N) is 4. The maximum Gasteiger partial charge on any atom is 0.270 e. The Morgan fingerprint density at radius 1 is 1.25 bits per heavy atom. The highest BCUT2D eigenvalue weighted by Crippen LogP contribution is 2.18. The van der Waals surface area contributed by atoms with Crippen LogP contribution in [0.5, 0.6) is 0 Å². The van der Waals surface area contributed by atoms with Gasteiger partial charge >= 0.3 is 0 Å². The number of amides is 1. The Morgan fingerprint density at radius 2 is 2.08 bits per heavy atom. The lowest BCUT2D eigenvalue weighted by atomic mass is 10.2. The van der Waals surface area contributed by atoms with Gasteiger partial charge in [0.15, 0.2) is 5.65 Å². The molecule has 6 nitrogen and oxygen atoms in total. The fraction of sp³-hybridized carbons (Fsp3) is 0.333. The van der Waals surface area contributed by atoms with Gasteiger partial charge in [0, 0.05) is 24.0 Å². The predicted octanol–water partition coefficient (Wildman–Crippen LogP) is 2.88. The molecule has 0 fully saturated rings. The van der Waals surface area contributed by atoms with Crippen molar-refractivity contribution in [3.63, 3.8) is 0 Å². The molecule has 3 aromatic rings. The summed E-state index contributed by atoms with van der Waals surface area (Å²) in [4.78, 5) is 21.2. The third kappa shape index (κ3) is 3.13. The van der Waals surface area contributed by atoms with Gasteiger partial charge in [0.25, 0.3) is 5.91 Å². The van der Waals surface area contributed by atoms with E-state index in [0.717, 1.165) is 29.9 Å². The van der Waals surface area contributed by atoms with Gasteiger partial charge in [-0.1, -0.05) is 19.9 Å². The molecule has 3 heterocycles. The maximum absolute atomic E-state index is 12.4. The minimum Gasteiger partial charge on any atom is -0.348 e. The molecule has 1 atom stereocenters. The molecule has 124 valence electrons. The fourth-order valence-corrected chi connectivity index (χ4v) is 2.44. The topological polar surface area (TPSA) is 72.2 Å². The van der Waals surface area contributed by atoms with E-state index in [2.05, 4.69) is 20.4 Å². The Bertz CT molecular complexity index is 856. The molecule has 24 heavy (non-hydrogen) atoms. The van der Waals surface area contributed by atoms with Crippen molar-refractivity contribution in [2.75, 3.05) is 0 Å². The molecule has 1 amide bonds. The quantitative estimate of drug-likeness (QED) is 0.783. The van der Waals surface area contributed by atoms with Crippen LogP contribution in [-0.2, 0) is 6.42 Å². The Hall–Kier alpha value is -2.76. The van der Waals surface area contributed by atoms with Gasteiger partial charge in [-0.2, -0.15) is 5.10 Å². The third-order valence-electron chi connectivity index (χ3n) is 4.01. The smallest absolute Gasteiger partial charge is 0.270 e. The average molecular weight is 323 g/mol. The summed E-state index contributed by atoms with van der Waals surface area (Å²) in [5.41, 5.74) is 3.56. The molecule has 0 bridgehead atoms. The van der Waals surface area contributed by atoms with E-state index in [4.69, 9.17) is 0 Å². The van der Waals surface area contributed by atoms with E-state index in [0.29, 0.717) is 11.3 Å². The van der Waals surface area contributed by atoms with Crippen molar-refractivity contribution in [2.45, 2.75) is 39.7 Å². The zero-order valence-corrected chi connectivity index (χ0v) is 14.2. The van der Waals surface area contributed by atoms with Gasteiger partial charge in [0.2, 0.25) is 0 Å². The number of carbonyl (C=O) groups excluding carboxylic acids is 1. The van der Waals surface area contributed by atoms with Crippen LogP contribution in [0.1, 0.15) is 43.4 Å². The number of aromatic nitrogens is 4. The molecule has 0 aliphatic rings. The van der Waals surface area contributed by atoms with Crippen molar-refractivity contribution in [1.29, 1.82) is 0 Å².